The summed E-state index contributed by atoms with van der Waals surface area (Å²) in [6.07, 6.45) is 29.4. The molecule has 0 saturated heterocycles. The normalized spacial score (nSPS) is 15.9. The Kier molecular flexibility index (Phi) is 47.0. The van der Waals surface area contributed by atoms with Crippen molar-refractivity contribution < 1.29 is 17.2 Å². The summed E-state index contributed by atoms with van der Waals surface area (Å²) in [4.78, 5) is 15.6. The van der Waals surface area contributed by atoms with Crippen LogP contribution in [0.25, 0.3) is 5.41 Å². The van der Waals surface area contributed by atoms with Crippen molar-refractivity contribution in [3.05, 3.63) is 24.7 Å². The molecular formula is C29H56ClN4OSn-. The maximum atomic E-state index is 10.3. The first-order valence-corrected chi connectivity index (χ1v) is 14.2. The van der Waals surface area contributed by atoms with Crippen LogP contribution in [0.1, 0.15) is 130 Å². The number of halogens is 1. The predicted molar refractivity (Wildman–Crippen MR) is 156 cm³/mol. The van der Waals surface area contributed by atoms with E-state index in [4.69, 9.17) is 5.41 Å². The number of nitrogens with one attached hydrogen (secondary N) is 1. The van der Waals surface area contributed by atoms with E-state index in [-0.39, 0.29) is 36.3 Å². The smallest absolute Gasteiger partial charge is 1.00 e. The number of hydrogen-bond donors (Lipinski definition) is 1. The second-order valence-electron chi connectivity index (χ2n) is 8.84. The Morgan fingerprint density at radius 1 is 0.750 bits per heavy atom. The van der Waals surface area contributed by atoms with Gasteiger partial charge in [0.1, 0.15) is 0 Å². The van der Waals surface area contributed by atoms with Gasteiger partial charge in [0.25, 0.3) is 0 Å². The standard InChI is InChI=1S/C6H15N.3C6H11.C5H8N3O.ClH.Sn/c1-4-7(5-2)6-3;3*1-2-4-6-5-3-1;1-2-3-7-5(9)8-4-6;;/h4-6H2,1-3H3;3*1H,2-6H2;2-3H2,1H3,(H,7,9);1H;/q;4*-1;;+4/p-1. The minimum atomic E-state index is -0.556. The van der Waals surface area contributed by atoms with Crippen molar-refractivity contribution in [3.8, 4) is 0 Å². The van der Waals surface area contributed by atoms with E-state index in [1.54, 1.807) is 0 Å². The van der Waals surface area contributed by atoms with Gasteiger partial charge in [-0.3, -0.25) is 4.79 Å². The first-order valence-electron chi connectivity index (χ1n) is 14.2. The molecule has 0 spiro atoms. The topological polar surface area (TPSA) is 67.0 Å². The van der Waals surface area contributed by atoms with Crippen molar-refractivity contribution in [1.29, 1.82) is 0 Å². The van der Waals surface area contributed by atoms with Crippen molar-refractivity contribution >= 4 is 35.9 Å². The molecule has 0 aromatic carbocycles. The number of aliphatic imine (C=N–C) groups is 1. The summed E-state index contributed by atoms with van der Waals surface area (Å²) >= 11 is 0. The summed E-state index contributed by atoms with van der Waals surface area (Å²) in [5.41, 5.74) is 0. The summed E-state index contributed by atoms with van der Waals surface area (Å²) in [6.45, 7) is 12.6. The van der Waals surface area contributed by atoms with Crippen LogP contribution in [0.4, 0.5) is 4.79 Å². The fourth-order valence-corrected chi connectivity index (χ4v) is 3.68. The second-order valence-corrected chi connectivity index (χ2v) is 8.84. The zero-order valence-corrected chi connectivity index (χ0v) is 27.6. The number of carbonyl (C=O) groups excluding carboxylic acids is 1. The zero-order valence-electron chi connectivity index (χ0n) is 24.0. The van der Waals surface area contributed by atoms with E-state index in [0.29, 0.717) is 6.54 Å². The molecule has 0 unspecified atom stereocenters. The summed E-state index contributed by atoms with van der Waals surface area (Å²) in [7, 11) is 0. The van der Waals surface area contributed by atoms with Gasteiger partial charge >= 0.3 is 23.9 Å². The van der Waals surface area contributed by atoms with E-state index in [0.717, 1.165) is 6.42 Å². The molecular weight excluding hydrogens is 575 g/mol. The van der Waals surface area contributed by atoms with Crippen LogP contribution in [-0.4, -0.2) is 67.0 Å². The van der Waals surface area contributed by atoms with Gasteiger partial charge in [-0.15, -0.1) is 6.01 Å². The largest absolute Gasteiger partial charge is 4.00 e. The molecule has 3 aliphatic rings. The van der Waals surface area contributed by atoms with Crippen molar-refractivity contribution in [2.45, 2.75) is 130 Å². The minimum absolute atomic E-state index is 0. The second kappa shape index (κ2) is 39.4. The van der Waals surface area contributed by atoms with Crippen LogP contribution in [0.5, 0.6) is 0 Å². The molecule has 0 bridgehead atoms. The van der Waals surface area contributed by atoms with Crippen molar-refractivity contribution in [1.82, 2.24) is 10.2 Å². The monoisotopic (exact) mass is 631 g/mol. The van der Waals surface area contributed by atoms with Crippen LogP contribution in [0.15, 0.2) is 4.99 Å². The fraction of sp³-hybridized carbons (Fsp3) is 0.828. The molecule has 3 aliphatic carbocycles. The van der Waals surface area contributed by atoms with Gasteiger partial charge in [0, 0.05) is 6.54 Å². The first kappa shape index (κ1) is 43.0. The number of nitrogens with zero attached hydrogens (tertiary/aromatic N) is 3. The van der Waals surface area contributed by atoms with Crippen LogP contribution in [0, 0.1) is 19.3 Å². The molecule has 0 aliphatic heterocycles. The maximum Gasteiger partial charge on any atom is 4.00 e. The van der Waals surface area contributed by atoms with Crippen LogP contribution in [0.2, 0.25) is 0 Å². The molecule has 1 N–H and O–H groups in total. The van der Waals surface area contributed by atoms with Crippen molar-refractivity contribution in [2.24, 2.45) is 4.99 Å². The maximum absolute atomic E-state index is 10.3. The molecule has 5 nitrogen and oxygen atoms in total. The first-order chi connectivity index (χ1) is 16.7. The van der Waals surface area contributed by atoms with Crippen LogP contribution in [0.3, 0.4) is 0 Å². The van der Waals surface area contributed by atoms with Crippen LogP contribution in [-0.2, 0) is 0 Å². The van der Waals surface area contributed by atoms with Gasteiger partial charge in [-0.1, -0.05) is 85.5 Å². The van der Waals surface area contributed by atoms with Gasteiger partial charge in [-0.25, -0.2) is 0 Å². The SMILES string of the molecule is CCCNC(=O)N=C=[N-].CCN(CC)CC.[CH-]1CCCCC1.[CH-]1CCCCC1.[CH-]1CCCCC1.[Cl-].[Sn+4]. The third-order valence-corrected chi connectivity index (χ3v) is 5.97. The van der Waals surface area contributed by atoms with E-state index < -0.39 is 6.03 Å². The third kappa shape index (κ3) is 38.4. The summed E-state index contributed by atoms with van der Waals surface area (Å²) in [5, 5.41) is 10.3. The summed E-state index contributed by atoms with van der Waals surface area (Å²) in [6, 6.07) is 0.833. The molecule has 0 radical (unpaired) electrons. The Morgan fingerprint density at radius 3 is 1.22 bits per heavy atom. The average molecular weight is 631 g/mol. The molecule has 0 aromatic heterocycles. The molecule has 0 atom stereocenters. The van der Waals surface area contributed by atoms with E-state index in [1.807, 2.05) is 6.92 Å². The Labute approximate surface area is 248 Å². The number of amides is 2. The van der Waals surface area contributed by atoms with Crippen molar-refractivity contribution in [2.75, 3.05) is 26.2 Å². The molecule has 7 heteroatoms. The van der Waals surface area contributed by atoms with Gasteiger partial charge in [-0.05, 0) is 26.1 Å². The Bertz CT molecular complexity index is 378. The molecule has 0 aromatic rings. The van der Waals surface area contributed by atoms with E-state index in [2.05, 4.69) is 55.2 Å². The molecule has 0 heterocycles. The molecule has 36 heavy (non-hydrogen) atoms. The number of carbonyl (C=O) groups is 1. The Hall–Kier alpha value is -0.101. The summed E-state index contributed by atoms with van der Waals surface area (Å²) < 4.78 is 0. The van der Waals surface area contributed by atoms with Gasteiger partial charge in [-0.2, -0.15) is 38.5 Å². The molecule has 3 rings (SSSR count). The van der Waals surface area contributed by atoms with Crippen LogP contribution < -0.4 is 17.7 Å². The van der Waals surface area contributed by atoms with E-state index >= 15 is 0 Å². The number of urea groups is 1. The zero-order chi connectivity index (χ0) is 25.5. The quantitative estimate of drug-likeness (QED) is 0.255. The third-order valence-electron chi connectivity index (χ3n) is 5.97. The van der Waals surface area contributed by atoms with E-state index in [1.165, 1.54) is 122 Å². The summed E-state index contributed by atoms with van der Waals surface area (Å²) in [5.74, 6) is 0. The van der Waals surface area contributed by atoms with Gasteiger partial charge in [0.15, 0.2) is 0 Å². The van der Waals surface area contributed by atoms with Crippen LogP contribution >= 0.6 is 0 Å². The van der Waals surface area contributed by atoms with Crippen molar-refractivity contribution in [3.63, 3.8) is 0 Å². The molecule has 3 fully saturated rings. The van der Waals surface area contributed by atoms with Gasteiger partial charge < -0.3 is 52.3 Å². The number of rotatable bonds is 5. The molecule has 2 amide bonds. The Morgan fingerprint density at radius 2 is 1.08 bits per heavy atom. The molecule has 3 saturated carbocycles. The number of hydrogen-bond acceptors (Lipinski definition) is 2. The van der Waals surface area contributed by atoms with E-state index in [9.17, 15) is 4.79 Å². The average Bonchev–Trinajstić information content (AvgIpc) is 2.93. The molecule has 210 valence electrons. The predicted octanol–water partition coefficient (Wildman–Crippen LogP) is 5.28. The minimum Gasteiger partial charge on any atom is -1.00 e. The Balaban J connectivity index is -0.000000177. The fourth-order valence-electron chi connectivity index (χ4n) is 3.68. The van der Waals surface area contributed by atoms with Gasteiger partial charge in [0.2, 0.25) is 6.03 Å². The van der Waals surface area contributed by atoms with Gasteiger partial charge in [0.05, 0.1) is 0 Å².